The van der Waals surface area contributed by atoms with Gasteiger partial charge in [0.1, 0.15) is 16.4 Å². The number of nitrogens with zero attached hydrogens (tertiary/aromatic N) is 2. The zero-order valence-electron chi connectivity index (χ0n) is 15.3. The van der Waals surface area contributed by atoms with E-state index in [4.69, 9.17) is 0 Å². The molecule has 3 rings (SSSR count). The maximum atomic E-state index is 13.1. The number of hydrogen-bond donors (Lipinski definition) is 1. The van der Waals surface area contributed by atoms with Gasteiger partial charge >= 0.3 is 5.69 Å². The molecule has 0 spiro atoms. The molecule has 9 heteroatoms. The van der Waals surface area contributed by atoms with Gasteiger partial charge in [-0.3, -0.25) is 10.1 Å². The number of rotatable bonds is 5. The maximum Gasteiger partial charge on any atom is 0.311 e. The average Bonchev–Trinajstić information content (AvgIpc) is 2.67. The Kier molecular flexibility index (Phi) is 5.66. The summed E-state index contributed by atoms with van der Waals surface area (Å²) in [5.41, 5.74) is 0.482. The smallest absolute Gasteiger partial charge is 0.311 e. The van der Waals surface area contributed by atoms with Crippen LogP contribution in [-0.2, 0) is 9.84 Å². The fraction of sp³-hybridized carbons (Fsp3) is 0.368. The molecule has 2 aromatic carbocycles. The van der Waals surface area contributed by atoms with Gasteiger partial charge in [-0.05, 0) is 48.6 Å². The first-order valence-electron chi connectivity index (χ1n) is 8.84. The Balaban J connectivity index is 1.80. The molecule has 1 saturated heterocycles. The molecule has 0 aromatic heterocycles. The minimum absolute atomic E-state index is 0.0705. The Labute approximate surface area is 162 Å². The highest BCUT2D eigenvalue weighted by atomic mass is 32.2. The number of aliphatic hydroxyl groups is 1. The Morgan fingerprint density at radius 1 is 1.18 bits per heavy atom. The van der Waals surface area contributed by atoms with E-state index in [1.807, 2.05) is 0 Å². The quantitative estimate of drug-likeness (QED) is 0.603. The molecule has 0 radical (unpaired) electrons. The van der Waals surface area contributed by atoms with Gasteiger partial charge in [0, 0.05) is 19.3 Å². The molecular formula is C19H21FN2O5S. The van der Waals surface area contributed by atoms with Crippen molar-refractivity contribution in [2.75, 3.05) is 24.2 Å². The normalized spacial score (nSPS) is 16.8. The highest BCUT2D eigenvalue weighted by Gasteiger charge is 2.32. The summed E-state index contributed by atoms with van der Waals surface area (Å²) in [4.78, 5) is 12.4. The summed E-state index contributed by atoms with van der Waals surface area (Å²) in [7, 11) is -3.74. The second-order valence-corrected chi connectivity index (χ2v) is 8.96. The van der Waals surface area contributed by atoms with E-state index in [2.05, 4.69) is 0 Å². The third-order valence-corrected chi connectivity index (χ3v) is 6.23. The van der Waals surface area contributed by atoms with Crippen molar-refractivity contribution >= 4 is 21.2 Å². The third-order valence-electron chi connectivity index (χ3n) is 5.10. The van der Waals surface area contributed by atoms with E-state index in [1.165, 1.54) is 24.3 Å². The van der Waals surface area contributed by atoms with E-state index in [0.717, 1.165) is 6.26 Å². The lowest BCUT2D eigenvalue weighted by atomic mass is 9.87. The predicted molar refractivity (Wildman–Crippen MR) is 103 cm³/mol. The largest absolute Gasteiger partial charge is 0.388 e. The minimum Gasteiger partial charge on any atom is -0.388 e. The molecule has 0 amide bonds. The minimum atomic E-state index is -3.74. The van der Waals surface area contributed by atoms with Gasteiger partial charge in [-0.25, -0.2) is 12.8 Å². The van der Waals surface area contributed by atoms with E-state index in [9.17, 15) is 28.0 Å². The number of para-hydroxylation sites is 1. The number of aliphatic hydroxyl groups excluding tert-OH is 1. The molecule has 1 aliphatic rings. The van der Waals surface area contributed by atoms with Crippen molar-refractivity contribution in [1.29, 1.82) is 0 Å². The van der Waals surface area contributed by atoms with Crippen LogP contribution in [0.25, 0.3) is 0 Å². The molecule has 0 saturated carbocycles. The second kappa shape index (κ2) is 7.84. The van der Waals surface area contributed by atoms with Gasteiger partial charge < -0.3 is 10.0 Å². The first-order chi connectivity index (χ1) is 13.2. The predicted octanol–water partition coefficient (Wildman–Crippen LogP) is 3.09. The van der Waals surface area contributed by atoms with E-state index < -0.39 is 26.6 Å². The number of halogens is 1. The van der Waals surface area contributed by atoms with Crippen LogP contribution in [0, 0.1) is 21.8 Å². The first kappa shape index (κ1) is 20.2. The Morgan fingerprint density at radius 3 is 2.32 bits per heavy atom. The summed E-state index contributed by atoms with van der Waals surface area (Å²) < 4.78 is 36.9. The van der Waals surface area contributed by atoms with Gasteiger partial charge in [0.25, 0.3) is 0 Å². The lowest BCUT2D eigenvalue weighted by Crippen LogP contribution is -2.36. The highest BCUT2D eigenvalue weighted by Crippen LogP contribution is 2.38. The van der Waals surface area contributed by atoms with E-state index in [1.54, 1.807) is 23.1 Å². The number of piperidine rings is 1. The standard InChI is InChI=1S/C19H21FN2O5S/c1-28(26,27)17-4-2-3-16(18(17)22(24)25)21-11-9-14(10-12-21)19(23)13-5-7-15(20)8-6-13/h2-8,14,19,23H,9-12H2,1H3. The third kappa shape index (κ3) is 4.15. The number of hydrogen-bond acceptors (Lipinski definition) is 6. The Bertz CT molecular complexity index is 970. The van der Waals surface area contributed by atoms with Crippen molar-refractivity contribution in [2.24, 2.45) is 5.92 Å². The van der Waals surface area contributed by atoms with Gasteiger partial charge in [-0.15, -0.1) is 0 Å². The lowest BCUT2D eigenvalue weighted by Gasteiger charge is -2.35. The van der Waals surface area contributed by atoms with Crippen LogP contribution >= 0.6 is 0 Å². The molecule has 28 heavy (non-hydrogen) atoms. The summed E-state index contributed by atoms with van der Waals surface area (Å²) in [6.45, 7) is 0.883. The fourth-order valence-electron chi connectivity index (χ4n) is 3.64. The van der Waals surface area contributed by atoms with Crippen molar-refractivity contribution in [1.82, 2.24) is 0 Å². The number of anilines is 1. The molecule has 1 fully saturated rings. The van der Waals surface area contributed by atoms with Crippen LogP contribution in [0.15, 0.2) is 47.4 Å². The van der Waals surface area contributed by atoms with Crippen LogP contribution in [0.4, 0.5) is 15.8 Å². The number of benzene rings is 2. The van der Waals surface area contributed by atoms with Crippen molar-refractivity contribution in [2.45, 2.75) is 23.8 Å². The molecule has 1 heterocycles. The van der Waals surface area contributed by atoms with Gasteiger partial charge in [-0.2, -0.15) is 0 Å². The molecule has 1 atom stereocenters. The zero-order chi connectivity index (χ0) is 20.5. The lowest BCUT2D eigenvalue weighted by molar-refractivity contribution is -0.387. The molecule has 7 nitrogen and oxygen atoms in total. The van der Waals surface area contributed by atoms with Gasteiger partial charge in [0.05, 0.1) is 11.0 Å². The van der Waals surface area contributed by atoms with E-state index in [0.29, 0.717) is 31.5 Å². The highest BCUT2D eigenvalue weighted by molar-refractivity contribution is 7.90. The van der Waals surface area contributed by atoms with Gasteiger partial charge in [-0.1, -0.05) is 18.2 Å². The molecule has 1 unspecified atom stereocenters. The molecule has 0 bridgehead atoms. The van der Waals surface area contributed by atoms with E-state index in [-0.39, 0.29) is 22.3 Å². The van der Waals surface area contributed by atoms with Crippen LogP contribution in [0.3, 0.4) is 0 Å². The van der Waals surface area contributed by atoms with Crippen LogP contribution in [0.1, 0.15) is 24.5 Å². The first-order valence-corrected chi connectivity index (χ1v) is 10.7. The average molecular weight is 408 g/mol. The summed E-state index contributed by atoms with van der Waals surface area (Å²) >= 11 is 0. The summed E-state index contributed by atoms with van der Waals surface area (Å²) in [6.07, 6.45) is 1.34. The zero-order valence-corrected chi connectivity index (χ0v) is 16.1. The van der Waals surface area contributed by atoms with Crippen LogP contribution < -0.4 is 4.90 Å². The van der Waals surface area contributed by atoms with E-state index >= 15 is 0 Å². The molecule has 150 valence electrons. The molecule has 2 aromatic rings. The van der Waals surface area contributed by atoms with Crippen LogP contribution in [0.5, 0.6) is 0 Å². The topological polar surface area (TPSA) is 101 Å². The van der Waals surface area contributed by atoms with Gasteiger partial charge in [0.15, 0.2) is 9.84 Å². The van der Waals surface area contributed by atoms with Crippen molar-refractivity contribution in [3.05, 3.63) is 64.0 Å². The van der Waals surface area contributed by atoms with Gasteiger partial charge in [0.2, 0.25) is 0 Å². The van der Waals surface area contributed by atoms with Crippen LogP contribution in [0.2, 0.25) is 0 Å². The number of sulfone groups is 1. The van der Waals surface area contributed by atoms with Crippen molar-refractivity contribution < 1.29 is 22.8 Å². The van der Waals surface area contributed by atoms with Crippen molar-refractivity contribution in [3.8, 4) is 0 Å². The molecule has 1 N–H and O–H groups in total. The van der Waals surface area contributed by atoms with Crippen molar-refractivity contribution in [3.63, 3.8) is 0 Å². The number of nitro groups is 1. The fourth-order valence-corrected chi connectivity index (χ4v) is 4.49. The molecule has 1 aliphatic heterocycles. The molecule has 0 aliphatic carbocycles. The SMILES string of the molecule is CS(=O)(=O)c1cccc(N2CCC(C(O)c3ccc(F)cc3)CC2)c1[N+](=O)[O-]. The molecular weight excluding hydrogens is 387 g/mol. The summed E-state index contributed by atoms with van der Waals surface area (Å²) in [6, 6.07) is 9.98. The van der Waals surface area contributed by atoms with Crippen LogP contribution in [-0.4, -0.2) is 37.8 Å². The monoisotopic (exact) mass is 408 g/mol. The Hall–Kier alpha value is -2.52. The maximum absolute atomic E-state index is 13.1. The number of nitro benzene ring substituents is 1. The Morgan fingerprint density at radius 2 is 1.79 bits per heavy atom. The summed E-state index contributed by atoms with van der Waals surface area (Å²) in [5, 5.41) is 22.1. The second-order valence-electron chi connectivity index (χ2n) is 6.97. The summed E-state index contributed by atoms with van der Waals surface area (Å²) in [5.74, 6) is -0.442.